The summed E-state index contributed by atoms with van der Waals surface area (Å²) in [5, 5.41) is 0.488. The number of hydrazine groups is 1. The number of aromatic nitrogens is 2. The van der Waals surface area contributed by atoms with Crippen molar-refractivity contribution in [2.45, 2.75) is 6.92 Å². The van der Waals surface area contributed by atoms with E-state index in [1.165, 1.54) is 24.5 Å². The molecule has 0 aliphatic rings. The number of halogens is 1. The lowest BCUT2D eigenvalue weighted by Crippen LogP contribution is -2.43. The van der Waals surface area contributed by atoms with Crippen LogP contribution in [0.2, 0.25) is 5.02 Å². The van der Waals surface area contributed by atoms with E-state index >= 15 is 0 Å². The van der Waals surface area contributed by atoms with Gasteiger partial charge in [0.15, 0.2) is 12.3 Å². The number of aryl methyl sites for hydroxylation is 1. The van der Waals surface area contributed by atoms with E-state index in [1.807, 2.05) is 0 Å². The predicted molar refractivity (Wildman–Crippen MR) is 84.1 cm³/mol. The van der Waals surface area contributed by atoms with Crippen molar-refractivity contribution in [3.05, 3.63) is 58.6 Å². The van der Waals surface area contributed by atoms with Crippen molar-refractivity contribution < 1.29 is 19.1 Å². The standard InChI is InChI=1S/C15H13ClN4O4/c1-9-6-18-12(7-17-9)15(23)24-8-13(21)19-20-14(22)10-2-4-11(16)5-3-10/h2-7H,8H2,1H3,(H,19,21)(H,20,22). The fraction of sp³-hybridized carbons (Fsp3) is 0.133. The van der Waals surface area contributed by atoms with Gasteiger partial charge in [0.2, 0.25) is 0 Å². The third-order valence-electron chi connectivity index (χ3n) is 2.75. The summed E-state index contributed by atoms with van der Waals surface area (Å²) in [6.45, 7) is 1.15. The Bertz CT molecular complexity index is 684. The molecule has 2 rings (SSSR count). The van der Waals surface area contributed by atoms with E-state index in [0.29, 0.717) is 16.3 Å². The Hall–Kier alpha value is -3.00. The maximum atomic E-state index is 11.8. The summed E-state index contributed by atoms with van der Waals surface area (Å²) in [5.41, 5.74) is 5.26. The quantitative estimate of drug-likeness (QED) is 0.631. The van der Waals surface area contributed by atoms with Crippen LogP contribution in [-0.4, -0.2) is 34.4 Å². The number of rotatable bonds is 4. The van der Waals surface area contributed by atoms with Gasteiger partial charge in [0, 0.05) is 16.8 Å². The Morgan fingerprint density at radius 2 is 1.79 bits per heavy atom. The first-order chi connectivity index (χ1) is 11.5. The maximum Gasteiger partial charge on any atom is 0.359 e. The molecule has 2 aromatic rings. The lowest BCUT2D eigenvalue weighted by atomic mass is 10.2. The number of carbonyl (C=O) groups excluding carboxylic acids is 3. The Kier molecular flexibility index (Phi) is 5.80. The molecule has 1 aromatic carbocycles. The summed E-state index contributed by atoms with van der Waals surface area (Å²) in [6, 6.07) is 6.09. The smallest absolute Gasteiger partial charge is 0.359 e. The highest BCUT2D eigenvalue weighted by molar-refractivity contribution is 6.30. The fourth-order valence-corrected chi connectivity index (χ4v) is 1.67. The molecule has 9 heteroatoms. The van der Waals surface area contributed by atoms with Crippen molar-refractivity contribution >= 4 is 29.4 Å². The van der Waals surface area contributed by atoms with Crippen LogP contribution in [0.4, 0.5) is 0 Å². The summed E-state index contributed by atoms with van der Waals surface area (Å²) in [6.07, 6.45) is 2.65. The van der Waals surface area contributed by atoms with Gasteiger partial charge in [0.1, 0.15) is 0 Å². The fourth-order valence-electron chi connectivity index (χ4n) is 1.54. The zero-order valence-electron chi connectivity index (χ0n) is 12.6. The van der Waals surface area contributed by atoms with E-state index in [9.17, 15) is 14.4 Å². The number of ether oxygens (including phenoxy) is 1. The maximum absolute atomic E-state index is 11.8. The monoisotopic (exact) mass is 348 g/mol. The average Bonchev–Trinajstić information content (AvgIpc) is 2.58. The number of benzene rings is 1. The van der Waals surface area contributed by atoms with Gasteiger partial charge in [0.05, 0.1) is 11.9 Å². The van der Waals surface area contributed by atoms with E-state index in [4.69, 9.17) is 16.3 Å². The van der Waals surface area contributed by atoms with Crippen molar-refractivity contribution in [1.29, 1.82) is 0 Å². The van der Waals surface area contributed by atoms with Crippen LogP contribution in [0.25, 0.3) is 0 Å². The van der Waals surface area contributed by atoms with Crippen LogP contribution in [0, 0.1) is 6.92 Å². The van der Waals surface area contributed by atoms with Gasteiger partial charge in [-0.3, -0.25) is 25.4 Å². The van der Waals surface area contributed by atoms with Gasteiger partial charge in [-0.05, 0) is 31.2 Å². The molecule has 0 aliphatic heterocycles. The van der Waals surface area contributed by atoms with Crippen LogP contribution in [0.1, 0.15) is 26.5 Å². The lowest BCUT2D eigenvalue weighted by Gasteiger charge is -2.08. The Labute approximate surface area is 142 Å². The number of hydrogen-bond acceptors (Lipinski definition) is 6. The molecule has 0 radical (unpaired) electrons. The second-order valence-corrected chi connectivity index (χ2v) is 5.06. The van der Waals surface area contributed by atoms with Crippen LogP contribution in [0.15, 0.2) is 36.7 Å². The summed E-state index contributed by atoms with van der Waals surface area (Å²) >= 11 is 5.71. The summed E-state index contributed by atoms with van der Waals surface area (Å²) in [4.78, 5) is 42.7. The second-order valence-electron chi connectivity index (χ2n) is 4.63. The molecule has 24 heavy (non-hydrogen) atoms. The summed E-state index contributed by atoms with van der Waals surface area (Å²) in [5.74, 6) is -2.02. The molecule has 0 atom stereocenters. The van der Waals surface area contributed by atoms with E-state index in [-0.39, 0.29) is 5.69 Å². The zero-order valence-corrected chi connectivity index (χ0v) is 13.3. The Balaban J connectivity index is 1.77. The first-order valence-electron chi connectivity index (χ1n) is 6.76. The van der Waals surface area contributed by atoms with Gasteiger partial charge in [-0.25, -0.2) is 9.78 Å². The average molecular weight is 349 g/mol. The van der Waals surface area contributed by atoms with Crippen LogP contribution in [0.3, 0.4) is 0 Å². The molecule has 0 unspecified atom stereocenters. The Morgan fingerprint density at radius 1 is 1.08 bits per heavy atom. The van der Waals surface area contributed by atoms with E-state index in [0.717, 1.165) is 0 Å². The van der Waals surface area contributed by atoms with Crippen molar-refractivity contribution in [2.75, 3.05) is 6.61 Å². The minimum atomic E-state index is -0.790. The molecule has 0 bridgehead atoms. The molecule has 8 nitrogen and oxygen atoms in total. The van der Waals surface area contributed by atoms with Gasteiger partial charge >= 0.3 is 5.97 Å². The molecular weight excluding hydrogens is 336 g/mol. The van der Waals surface area contributed by atoms with Crippen molar-refractivity contribution in [3.8, 4) is 0 Å². The van der Waals surface area contributed by atoms with Gasteiger partial charge in [-0.1, -0.05) is 11.6 Å². The van der Waals surface area contributed by atoms with E-state index in [1.54, 1.807) is 19.1 Å². The summed E-state index contributed by atoms with van der Waals surface area (Å²) in [7, 11) is 0. The molecule has 0 spiro atoms. The molecule has 1 heterocycles. The number of nitrogens with zero attached hydrogens (tertiary/aromatic N) is 2. The van der Waals surface area contributed by atoms with Gasteiger partial charge in [0.25, 0.3) is 11.8 Å². The zero-order chi connectivity index (χ0) is 17.5. The van der Waals surface area contributed by atoms with E-state index < -0.39 is 24.4 Å². The van der Waals surface area contributed by atoms with Crippen molar-refractivity contribution in [2.24, 2.45) is 0 Å². The summed E-state index contributed by atoms with van der Waals surface area (Å²) < 4.78 is 4.76. The molecule has 2 N–H and O–H groups in total. The number of amides is 2. The minimum absolute atomic E-state index is 0.0152. The van der Waals surface area contributed by atoms with E-state index in [2.05, 4.69) is 20.8 Å². The topological polar surface area (TPSA) is 110 Å². The lowest BCUT2D eigenvalue weighted by molar-refractivity contribution is -0.125. The van der Waals surface area contributed by atoms with Crippen molar-refractivity contribution in [1.82, 2.24) is 20.8 Å². The second kappa shape index (κ2) is 8.02. The molecule has 1 aromatic heterocycles. The minimum Gasteiger partial charge on any atom is -0.451 e. The molecule has 0 saturated heterocycles. The third kappa shape index (κ3) is 5.03. The van der Waals surface area contributed by atoms with Crippen LogP contribution in [0.5, 0.6) is 0 Å². The highest BCUT2D eigenvalue weighted by atomic mass is 35.5. The van der Waals surface area contributed by atoms with Crippen LogP contribution in [-0.2, 0) is 9.53 Å². The van der Waals surface area contributed by atoms with Crippen LogP contribution >= 0.6 is 11.6 Å². The first kappa shape index (κ1) is 17.4. The molecular formula is C15H13ClN4O4. The van der Waals surface area contributed by atoms with Crippen LogP contribution < -0.4 is 10.9 Å². The van der Waals surface area contributed by atoms with Crippen molar-refractivity contribution in [3.63, 3.8) is 0 Å². The third-order valence-corrected chi connectivity index (χ3v) is 3.00. The highest BCUT2D eigenvalue weighted by Gasteiger charge is 2.12. The number of carbonyl (C=O) groups is 3. The molecule has 0 aliphatic carbocycles. The Morgan fingerprint density at radius 3 is 2.42 bits per heavy atom. The van der Waals surface area contributed by atoms with Gasteiger partial charge in [-0.15, -0.1) is 0 Å². The number of hydrogen-bond donors (Lipinski definition) is 2. The molecule has 0 saturated carbocycles. The normalized spacial score (nSPS) is 9.92. The first-order valence-corrected chi connectivity index (χ1v) is 7.14. The number of nitrogens with one attached hydrogen (secondary N) is 2. The SMILES string of the molecule is Cc1cnc(C(=O)OCC(=O)NNC(=O)c2ccc(Cl)cc2)cn1. The number of esters is 1. The predicted octanol–water partition coefficient (Wildman–Crippen LogP) is 1.06. The molecule has 2 amide bonds. The van der Waals surface area contributed by atoms with Gasteiger partial charge in [-0.2, -0.15) is 0 Å². The van der Waals surface area contributed by atoms with Gasteiger partial charge < -0.3 is 4.74 Å². The highest BCUT2D eigenvalue weighted by Crippen LogP contribution is 2.08. The molecule has 124 valence electrons. The molecule has 0 fully saturated rings. The largest absolute Gasteiger partial charge is 0.451 e.